The van der Waals surface area contributed by atoms with Gasteiger partial charge >= 0.3 is 0 Å². The average molecular weight is 365 g/mol. The van der Waals surface area contributed by atoms with Gasteiger partial charge in [0, 0.05) is 23.2 Å². The number of carbonyl (C=O) groups excluding carboxylic acids is 1. The molecule has 92 valence electrons. The first-order chi connectivity index (χ1) is 8.09. The average Bonchev–Trinajstić information content (AvgIpc) is 2.80. The molecule has 5 heteroatoms. The monoisotopic (exact) mass is 364 g/mol. The van der Waals surface area contributed by atoms with Crippen molar-refractivity contribution in [1.29, 1.82) is 0 Å². The Hall–Kier alpha value is -0.330. The van der Waals surface area contributed by atoms with E-state index in [0.717, 1.165) is 23.1 Å². The second kappa shape index (κ2) is 5.54. The largest absolute Gasteiger partial charge is 0.337 e. The van der Waals surface area contributed by atoms with E-state index >= 15 is 0 Å². The molecule has 17 heavy (non-hydrogen) atoms. The number of rotatable bonds is 2. The van der Waals surface area contributed by atoms with E-state index in [2.05, 4.69) is 27.9 Å². The van der Waals surface area contributed by atoms with Gasteiger partial charge in [-0.2, -0.15) is 0 Å². The summed E-state index contributed by atoms with van der Waals surface area (Å²) < 4.78 is 1.04. The third-order valence-corrected chi connectivity index (χ3v) is 4.05. The fourth-order valence-electron chi connectivity index (χ4n) is 1.99. The molecule has 0 spiro atoms. The third-order valence-electron chi connectivity index (χ3n) is 3.06. The van der Waals surface area contributed by atoms with Gasteiger partial charge in [-0.1, -0.05) is 11.6 Å². The van der Waals surface area contributed by atoms with Crippen LogP contribution in [0.25, 0.3) is 0 Å². The zero-order chi connectivity index (χ0) is 12.4. The van der Waals surface area contributed by atoms with Crippen molar-refractivity contribution in [3.8, 4) is 0 Å². The van der Waals surface area contributed by atoms with Crippen molar-refractivity contribution in [3.05, 3.63) is 32.4 Å². The summed E-state index contributed by atoms with van der Waals surface area (Å²) in [5.41, 5.74) is 0.585. The first-order valence-electron chi connectivity index (χ1n) is 5.52. The van der Waals surface area contributed by atoms with Crippen molar-refractivity contribution in [3.63, 3.8) is 0 Å². The molecule has 0 aliphatic carbocycles. The molecule has 1 atom stereocenters. The summed E-state index contributed by atoms with van der Waals surface area (Å²) in [5, 5.41) is 3.78. The van der Waals surface area contributed by atoms with E-state index < -0.39 is 0 Å². The van der Waals surface area contributed by atoms with Gasteiger partial charge in [-0.25, -0.2) is 0 Å². The molecular weight excluding hydrogens is 351 g/mol. The van der Waals surface area contributed by atoms with E-state index in [0.29, 0.717) is 10.6 Å². The summed E-state index contributed by atoms with van der Waals surface area (Å²) in [6.45, 7) is 1.84. The minimum Gasteiger partial charge on any atom is -0.337 e. The second-order valence-electron chi connectivity index (χ2n) is 4.19. The minimum absolute atomic E-state index is 0.0000926. The Balaban J connectivity index is 2.18. The number of likely N-dealkylation sites (N-methyl/N-ethyl adjacent to an activating group) is 1. The van der Waals surface area contributed by atoms with Gasteiger partial charge in [0.25, 0.3) is 5.91 Å². The summed E-state index contributed by atoms with van der Waals surface area (Å²) in [6, 6.07) is 5.79. The first-order valence-corrected chi connectivity index (χ1v) is 6.98. The van der Waals surface area contributed by atoms with Crippen LogP contribution in [0.1, 0.15) is 16.8 Å². The minimum atomic E-state index is 0.0000926. The van der Waals surface area contributed by atoms with E-state index in [-0.39, 0.29) is 11.9 Å². The van der Waals surface area contributed by atoms with Gasteiger partial charge in [0.05, 0.1) is 10.6 Å². The van der Waals surface area contributed by atoms with Gasteiger partial charge in [-0.05, 0) is 53.8 Å². The van der Waals surface area contributed by atoms with E-state index in [9.17, 15) is 4.79 Å². The van der Waals surface area contributed by atoms with Crippen LogP contribution in [-0.4, -0.2) is 37.0 Å². The van der Waals surface area contributed by atoms with Crippen molar-refractivity contribution in [2.24, 2.45) is 0 Å². The van der Waals surface area contributed by atoms with Crippen LogP contribution in [0, 0.1) is 3.57 Å². The van der Waals surface area contributed by atoms with Crippen molar-refractivity contribution in [2.75, 3.05) is 20.1 Å². The van der Waals surface area contributed by atoms with E-state index in [1.807, 2.05) is 19.2 Å². The van der Waals surface area contributed by atoms with E-state index in [1.165, 1.54) is 0 Å². The molecule has 2 rings (SSSR count). The number of hydrogen-bond donors (Lipinski definition) is 1. The van der Waals surface area contributed by atoms with Crippen molar-refractivity contribution < 1.29 is 4.79 Å². The Morgan fingerprint density at radius 1 is 1.59 bits per heavy atom. The van der Waals surface area contributed by atoms with Gasteiger partial charge in [0.15, 0.2) is 0 Å². The molecule has 0 saturated carbocycles. The lowest BCUT2D eigenvalue weighted by Gasteiger charge is -2.24. The second-order valence-corrected chi connectivity index (χ2v) is 5.84. The standard InChI is InChI=1S/C12H14ClIN2O/c1-16(9-4-5-15-7-9)12(17)10-3-2-8(14)6-11(10)13/h2-3,6,9,15H,4-5,7H2,1H3. The maximum absolute atomic E-state index is 12.3. The highest BCUT2D eigenvalue weighted by Gasteiger charge is 2.25. The lowest BCUT2D eigenvalue weighted by atomic mass is 10.1. The Labute approximate surface area is 120 Å². The fourth-order valence-corrected chi connectivity index (χ4v) is 2.93. The number of amides is 1. The fraction of sp³-hybridized carbons (Fsp3) is 0.417. The van der Waals surface area contributed by atoms with Crippen LogP contribution in [-0.2, 0) is 0 Å². The van der Waals surface area contributed by atoms with Crippen LogP contribution < -0.4 is 5.32 Å². The highest BCUT2D eigenvalue weighted by molar-refractivity contribution is 14.1. The molecule has 1 amide bonds. The van der Waals surface area contributed by atoms with Gasteiger partial charge in [0.1, 0.15) is 0 Å². The lowest BCUT2D eigenvalue weighted by molar-refractivity contribution is 0.0744. The zero-order valence-corrected chi connectivity index (χ0v) is 12.5. The molecule has 1 saturated heterocycles. The number of hydrogen-bond acceptors (Lipinski definition) is 2. The molecule has 1 aromatic carbocycles. The molecule has 1 unspecified atom stereocenters. The van der Waals surface area contributed by atoms with Crippen LogP contribution in [0.3, 0.4) is 0 Å². The zero-order valence-electron chi connectivity index (χ0n) is 9.54. The Bertz CT molecular complexity index is 433. The van der Waals surface area contributed by atoms with Crippen molar-refractivity contribution >= 4 is 40.1 Å². The summed E-state index contributed by atoms with van der Waals surface area (Å²) in [7, 11) is 1.84. The first kappa shape index (κ1) is 13.1. The number of carbonyl (C=O) groups is 1. The lowest BCUT2D eigenvalue weighted by Crippen LogP contribution is -2.38. The van der Waals surface area contributed by atoms with Crippen LogP contribution in [0.2, 0.25) is 5.02 Å². The van der Waals surface area contributed by atoms with Gasteiger partial charge < -0.3 is 10.2 Å². The summed E-state index contributed by atoms with van der Waals surface area (Å²) >= 11 is 8.29. The van der Waals surface area contributed by atoms with Gasteiger partial charge in [-0.15, -0.1) is 0 Å². The maximum Gasteiger partial charge on any atom is 0.255 e. The number of nitrogens with zero attached hydrogens (tertiary/aromatic N) is 1. The normalized spacial score (nSPS) is 19.4. The number of benzene rings is 1. The maximum atomic E-state index is 12.3. The molecule has 1 fully saturated rings. The molecule has 0 radical (unpaired) electrons. The van der Waals surface area contributed by atoms with E-state index in [4.69, 9.17) is 11.6 Å². The molecular formula is C12H14ClIN2O. The molecule has 0 aromatic heterocycles. The van der Waals surface area contributed by atoms with Crippen LogP contribution in [0.15, 0.2) is 18.2 Å². The predicted molar refractivity (Wildman–Crippen MR) is 77.5 cm³/mol. The van der Waals surface area contributed by atoms with Crippen molar-refractivity contribution in [2.45, 2.75) is 12.5 Å². The Morgan fingerprint density at radius 2 is 2.35 bits per heavy atom. The van der Waals surface area contributed by atoms with Gasteiger partial charge in [0.2, 0.25) is 0 Å². The molecule has 1 N–H and O–H groups in total. The van der Waals surface area contributed by atoms with E-state index in [1.54, 1.807) is 11.0 Å². The van der Waals surface area contributed by atoms with Crippen LogP contribution >= 0.6 is 34.2 Å². The summed E-state index contributed by atoms with van der Waals surface area (Å²) in [4.78, 5) is 14.1. The summed E-state index contributed by atoms with van der Waals surface area (Å²) in [5.74, 6) is 0.0000926. The van der Waals surface area contributed by atoms with Gasteiger partial charge in [-0.3, -0.25) is 4.79 Å². The smallest absolute Gasteiger partial charge is 0.255 e. The molecule has 0 bridgehead atoms. The number of nitrogens with one attached hydrogen (secondary N) is 1. The SMILES string of the molecule is CN(C(=O)c1ccc(I)cc1Cl)C1CCNC1. The quantitative estimate of drug-likeness (QED) is 0.817. The summed E-state index contributed by atoms with van der Waals surface area (Å²) in [6.07, 6.45) is 1.00. The Kier molecular flexibility index (Phi) is 4.27. The highest BCUT2D eigenvalue weighted by Crippen LogP contribution is 2.21. The molecule has 1 aliphatic rings. The molecule has 3 nitrogen and oxygen atoms in total. The van der Waals surface area contributed by atoms with Crippen LogP contribution in [0.4, 0.5) is 0 Å². The van der Waals surface area contributed by atoms with Crippen LogP contribution in [0.5, 0.6) is 0 Å². The molecule has 1 aromatic rings. The molecule has 1 heterocycles. The van der Waals surface area contributed by atoms with Crippen molar-refractivity contribution in [1.82, 2.24) is 10.2 Å². The molecule has 1 aliphatic heterocycles. The highest BCUT2D eigenvalue weighted by atomic mass is 127. The Morgan fingerprint density at radius 3 is 2.94 bits per heavy atom. The topological polar surface area (TPSA) is 32.3 Å². The number of halogens is 2. The predicted octanol–water partition coefficient (Wildman–Crippen LogP) is 2.38. The third kappa shape index (κ3) is 2.92.